The predicted molar refractivity (Wildman–Crippen MR) is 88.7 cm³/mol. The van der Waals surface area contributed by atoms with E-state index in [1.807, 2.05) is 0 Å². The van der Waals surface area contributed by atoms with E-state index in [4.69, 9.17) is 18.0 Å². The van der Waals surface area contributed by atoms with Gasteiger partial charge in [0, 0.05) is 42.0 Å². The van der Waals surface area contributed by atoms with Gasteiger partial charge in [-0.2, -0.15) is 11.8 Å². The summed E-state index contributed by atoms with van der Waals surface area (Å²) in [7, 11) is -3.20. The van der Waals surface area contributed by atoms with Crippen LogP contribution in [0.2, 0.25) is 0 Å². The standard InChI is InChI=1S/C13H17FN2O2S3/c1-21(17,18)11-8-20-6-5-16(11)7-9-3-2-4-10(12(9)14)13(15)19/h2-4,11H,5-8H2,1H3,(H2,15,19). The molecule has 0 amide bonds. The molecule has 2 rings (SSSR count). The molecule has 1 heterocycles. The number of nitrogens with zero attached hydrogens (tertiary/aromatic N) is 1. The van der Waals surface area contributed by atoms with Gasteiger partial charge in [-0.3, -0.25) is 4.90 Å². The Hall–Kier alpha value is -0.700. The Kier molecular flexibility index (Phi) is 5.24. The van der Waals surface area contributed by atoms with Crippen molar-refractivity contribution in [2.75, 3.05) is 24.3 Å². The smallest absolute Gasteiger partial charge is 0.164 e. The van der Waals surface area contributed by atoms with E-state index < -0.39 is 21.0 Å². The van der Waals surface area contributed by atoms with Crippen LogP contribution in [-0.2, 0) is 16.4 Å². The molecule has 8 heteroatoms. The molecule has 0 radical (unpaired) electrons. The van der Waals surface area contributed by atoms with Gasteiger partial charge in [0.1, 0.15) is 16.2 Å². The van der Waals surface area contributed by atoms with Crippen LogP contribution in [0.5, 0.6) is 0 Å². The lowest BCUT2D eigenvalue weighted by Crippen LogP contribution is -2.46. The number of hydrogen-bond donors (Lipinski definition) is 1. The number of rotatable bonds is 4. The van der Waals surface area contributed by atoms with Gasteiger partial charge in [-0.05, 0) is 6.07 Å². The zero-order chi connectivity index (χ0) is 15.6. The molecule has 4 nitrogen and oxygen atoms in total. The molecule has 1 unspecified atom stereocenters. The summed E-state index contributed by atoms with van der Waals surface area (Å²) in [5.74, 6) is 0.883. The fourth-order valence-corrected chi connectivity index (χ4v) is 5.40. The summed E-state index contributed by atoms with van der Waals surface area (Å²) < 4.78 is 38.1. The highest BCUT2D eigenvalue weighted by Gasteiger charge is 2.31. The van der Waals surface area contributed by atoms with Crippen molar-refractivity contribution in [3.05, 3.63) is 35.1 Å². The first-order chi connectivity index (χ1) is 9.80. The minimum Gasteiger partial charge on any atom is -0.389 e. The number of thioether (sulfide) groups is 1. The van der Waals surface area contributed by atoms with E-state index in [1.54, 1.807) is 28.8 Å². The Balaban J connectivity index is 2.28. The summed E-state index contributed by atoms with van der Waals surface area (Å²) in [5.41, 5.74) is 6.11. The minimum absolute atomic E-state index is 0.00297. The van der Waals surface area contributed by atoms with Gasteiger partial charge in [-0.1, -0.05) is 24.4 Å². The lowest BCUT2D eigenvalue weighted by molar-refractivity contribution is 0.258. The fraction of sp³-hybridized carbons (Fsp3) is 0.462. The van der Waals surface area contributed by atoms with Crippen LogP contribution in [0, 0.1) is 5.82 Å². The molecule has 0 aromatic heterocycles. The van der Waals surface area contributed by atoms with Crippen molar-refractivity contribution < 1.29 is 12.8 Å². The number of hydrogen-bond acceptors (Lipinski definition) is 5. The number of halogens is 1. The summed E-state index contributed by atoms with van der Waals surface area (Å²) in [6, 6.07) is 4.85. The Labute approximate surface area is 133 Å². The molecule has 2 N–H and O–H groups in total. The molecule has 1 saturated heterocycles. The van der Waals surface area contributed by atoms with Gasteiger partial charge in [0.2, 0.25) is 0 Å². The van der Waals surface area contributed by atoms with E-state index in [-0.39, 0.29) is 17.1 Å². The van der Waals surface area contributed by atoms with Gasteiger partial charge in [0.15, 0.2) is 9.84 Å². The van der Waals surface area contributed by atoms with Crippen LogP contribution >= 0.6 is 24.0 Å². The van der Waals surface area contributed by atoms with E-state index in [0.717, 1.165) is 5.75 Å². The van der Waals surface area contributed by atoms with E-state index in [0.29, 0.717) is 17.9 Å². The minimum atomic E-state index is -3.20. The first-order valence-electron chi connectivity index (χ1n) is 6.38. The summed E-state index contributed by atoms with van der Waals surface area (Å²) in [5, 5.41) is -0.580. The maximum atomic E-state index is 14.4. The van der Waals surface area contributed by atoms with Gasteiger partial charge in [0.05, 0.1) is 0 Å². The lowest BCUT2D eigenvalue weighted by atomic mass is 10.1. The second-order valence-corrected chi connectivity index (χ2v) is 8.77. The molecule has 0 saturated carbocycles. The second-order valence-electron chi connectivity index (χ2n) is 4.97. The Morgan fingerprint density at radius 3 is 2.90 bits per heavy atom. The van der Waals surface area contributed by atoms with Gasteiger partial charge >= 0.3 is 0 Å². The van der Waals surface area contributed by atoms with Gasteiger partial charge < -0.3 is 5.73 Å². The van der Waals surface area contributed by atoms with Crippen LogP contribution in [0.15, 0.2) is 18.2 Å². The average molecular weight is 348 g/mol. The average Bonchev–Trinajstić information content (AvgIpc) is 2.40. The SMILES string of the molecule is CS(=O)(=O)C1CSCCN1Cc1cccc(C(N)=S)c1F. The highest BCUT2D eigenvalue weighted by Crippen LogP contribution is 2.24. The molecular weight excluding hydrogens is 331 g/mol. The highest BCUT2D eigenvalue weighted by atomic mass is 32.2. The topological polar surface area (TPSA) is 63.4 Å². The molecule has 1 aromatic carbocycles. The molecule has 21 heavy (non-hydrogen) atoms. The van der Waals surface area contributed by atoms with Crippen LogP contribution < -0.4 is 5.73 Å². The first-order valence-corrected chi connectivity index (χ1v) is 9.90. The highest BCUT2D eigenvalue weighted by molar-refractivity contribution is 8.00. The van der Waals surface area contributed by atoms with Crippen molar-refractivity contribution >= 4 is 38.8 Å². The van der Waals surface area contributed by atoms with Gasteiger partial charge in [-0.15, -0.1) is 0 Å². The largest absolute Gasteiger partial charge is 0.389 e. The zero-order valence-corrected chi connectivity index (χ0v) is 14.0. The maximum Gasteiger partial charge on any atom is 0.164 e. The van der Waals surface area contributed by atoms with Crippen LogP contribution in [0.25, 0.3) is 0 Å². The van der Waals surface area contributed by atoms with Crippen molar-refractivity contribution in [2.24, 2.45) is 5.73 Å². The molecule has 116 valence electrons. The number of sulfone groups is 1. The molecule has 0 spiro atoms. The third-order valence-electron chi connectivity index (χ3n) is 3.40. The van der Waals surface area contributed by atoms with Gasteiger partial charge in [0.25, 0.3) is 0 Å². The van der Waals surface area contributed by atoms with Crippen molar-refractivity contribution in [1.29, 1.82) is 0 Å². The third-order valence-corrected chi connectivity index (χ3v) is 6.31. The van der Waals surface area contributed by atoms with Crippen LogP contribution in [0.1, 0.15) is 11.1 Å². The molecule has 0 bridgehead atoms. The second kappa shape index (κ2) is 6.60. The first kappa shape index (κ1) is 16.7. The lowest BCUT2D eigenvalue weighted by Gasteiger charge is -2.34. The quantitative estimate of drug-likeness (QED) is 0.830. The van der Waals surface area contributed by atoms with Crippen LogP contribution in [0.4, 0.5) is 4.39 Å². The summed E-state index contributed by atoms with van der Waals surface area (Å²) >= 11 is 6.42. The summed E-state index contributed by atoms with van der Waals surface area (Å²) in [4.78, 5) is 1.80. The van der Waals surface area contributed by atoms with Crippen molar-refractivity contribution in [2.45, 2.75) is 11.9 Å². The molecule has 1 aromatic rings. The monoisotopic (exact) mass is 348 g/mol. The van der Waals surface area contributed by atoms with Crippen molar-refractivity contribution in [3.63, 3.8) is 0 Å². The molecule has 1 aliphatic rings. The normalized spacial score (nSPS) is 20.4. The third kappa shape index (κ3) is 3.94. The van der Waals surface area contributed by atoms with Crippen molar-refractivity contribution in [3.8, 4) is 0 Å². The Morgan fingerprint density at radius 1 is 1.57 bits per heavy atom. The predicted octanol–water partition coefficient (Wildman–Crippen LogP) is 1.38. The maximum absolute atomic E-state index is 14.4. The van der Waals surface area contributed by atoms with E-state index in [9.17, 15) is 12.8 Å². The Morgan fingerprint density at radius 2 is 2.29 bits per heavy atom. The molecule has 0 aliphatic carbocycles. The van der Waals surface area contributed by atoms with Crippen molar-refractivity contribution in [1.82, 2.24) is 4.90 Å². The van der Waals surface area contributed by atoms with Gasteiger partial charge in [-0.25, -0.2) is 12.8 Å². The van der Waals surface area contributed by atoms with Crippen LogP contribution in [-0.4, -0.2) is 48.0 Å². The number of nitrogens with two attached hydrogens (primary N) is 1. The number of benzene rings is 1. The van der Waals surface area contributed by atoms with Crippen LogP contribution in [0.3, 0.4) is 0 Å². The summed E-state index contributed by atoms with van der Waals surface area (Å²) in [6.45, 7) is 0.847. The van der Waals surface area contributed by atoms with E-state index >= 15 is 0 Å². The van der Waals surface area contributed by atoms with E-state index in [1.165, 1.54) is 12.3 Å². The number of thiocarbonyl (C=S) groups is 1. The molecule has 1 atom stereocenters. The Bertz CT molecular complexity index is 649. The fourth-order valence-electron chi connectivity index (χ4n) is 2.30. The molecular formula is C13H17FN2O2S3. The summed E-state index contributed by atoms with van der Waals surface area (Å²) in [6.07, 6.45) is 1.22. The van der Waals surface area contributed by atoms with E-state index in [2.05, 4.69) is 0 Å². The molecule has 1 aliphatic heterocycles. The molecule has 1 fully saturated rings. The zero-order valence-electron chi connectivity index (χ0n) is 11.6.